The van der Waals surface area contributed by atoms with Crippen LogP contribution in [-0.4, -0.2) is 14.7 Å². The molecule has 1 unspecified atom stereocenters. The van der Waals surface area contributed by atoms with E-state index < -0.39 is 11.1 Å². The van der Waals surface area contributed by atoms with Gasteiger partial charge in [-0.2, -0.15) is 0 Å². The van der Waals surface area contributed by atoms with Crippen molar-refractivity contribution in [2.24, 2.45) is 0 Å². The van der Waals surface area contributed by atoms with Gasteiger partial charge in [-0.25, -0.2) is 4.98 Å². The molecule has 39 heavy (non-hydrogen) atoms. The lowest BCUT2D eigenvalue weighted by Gasteiger charge is -2.38. The standard InChI is InChI=1S/C36H30N2O/c39-35(24-12-14-28-23-22-27-13-10-11-21-32(27)34(28)35)33-25-38(26-37-33)36(29-15-4-1-5-16-29,30-17-6-2-7-18-30)31-19-8-3-9-20-31/h1-11,13,15-23,25-26,39H,12,14,24H2. The van der Waals surface area contributed by atoms with Crippen LogP contribution in [-0.2, 0) is 17.6 Å². The third-order valence-electron chi connectivity index (χ3n) is 8.38. The van der Waals surface area contributed by atoms with Gasteiger partial charge in [-0.15, -0.1) is 0 Å². The van der Waals surface area contributed by atoms with Crippen molar-refractivity contribution < 1.29 is 5.11 Å². The van der Waals surface area contributed by atoms with Crippen LogP contribution >= 0.6 is 0 Å². The monoisotopic (exact) mass is 506 g/mol. The predicted octanol–water partition coefficient (Wildman–Crippen LogP) is 7.45. The summed E-state index contributed by atoms with van der Waals surface area (Å²) in [6, 6.07) is 44.5. The van der Waals surface area contributed by atoms with E-state index in [2.05, 4.69) is 138 Å². The van der Waals surface area contributed by atoms with E-state index in [9.17, 15) is 5.11 Å². The van der Waals surface area contributed by atoms with Crippen molar-refractivity contribution in [1.82, 2.24) is 9.55 Å². The van der Waals surface area contributed by atoms with Gasteiger partial charge in [0.15, 0.2) is 0 Å². The van der Waals surface area contributed by atoms with Crippen molar-refractivity contribution in [3.8, 4) is 0 Å². The maximum atomic E-state index is 12.5. The maximum Gasteiger partial charge on any atom is 0.134 e. The first-order valence-electron chi connectivity index (χ1n) is 13.7. The highest BCUT2D eigenvalue weighted by Crippen LogP contribution is 2.46. The summed E-state index contributed by atoms with van der Waals surface area (Å²) in [5.74, 6) is 0. The second kappa shape index (κ2) is 9.37. The normalized spacial score (nSPS) is 17.2. The number of aromatic nitrogens is 2. The number of benzene rings is 5. The third kappa shape index (κ3) is 3.65. The molecule has 0 radical (unpaired) electrons. The third-order valence-corrected chi connectivity index (χ3v) is 8.38. The second-order valence-corrected chi connectivity index (χ2v) is 10.5. The topological polar surface area (TPSA) is 38.0 Å². The number of hydrogen-bond acceptors (Lipinski definition) is 2. The number of nitrogens with zero attached hydrogens (tertiary/aromatic N) is 2. The Balaban J connectivity index is 1.49. The zero-order valence-corrected chi connectivity index (χ0v) is 21.7. The summed E-state index contributed by atoms with van der Waals surface area (Å²) in [5, 5.41) is 14.8. The van der Waals surface area contributed by atoms with E-state index in [4.69, 9.17) is 4.98 Å². The molecular weight excluding hydrogens is 476 g/mol. The number of imidazole rings is 1. The molecular formula is C36H30N2O. The van der Waals surface area contributed by atoms with Gasteiger partial charge in [-0.1, -0.05) is 127 Å². The van der Waals surface area contributed by atoms with Gasteiger partial charge in [-0.3, -0.25) is 0 Å². The van der Waals surface area contributed by atoms with Crippen LogP contribution in [0.15, 0.2) is 140 Å². The van der Waals surface area contributed by atoms with E-state index in [0.29, 0.717) is 12.1 Å². The summed E-state index contributed by atoms with van der Waals surface area (Å²) in [6.07, 6.45) is 6.49. The lowest BCUT2D eigenvalue weighted by molar-refractivity contribution is 0.0590. The fourth-order valence-corrected chi connectivity index (χ4v) is 6.63. The average Bonchev–Trinajstić information content (AvgIpc) is 3.51. The summed E-state index contributed by atoms with van der Waals surface area (Å²) in [5.41, 5.74) is 4.46. The SMILES string of the molecule is OC1(c2cn(C(c3ccccc3)(c3ccccc3)c3ccccc3)cn2)CCCc2ccc3ccccc3c21. The number of hydrogen-bond donors (Lipinski definition) is 1. The number of rotatable bonds is 5. The Bertz CT molecular complexity index is 1640. The molecule has 0 fully saturated rings. The van der Waals surface area contributed by atoms with Gasteiger partial charge in [0.1, 0.15) is 11.1 Å². The first kappa shape index (κ1) is 23.6. The van der Waals surface area contributed by atoms with Crippen LogP contribution in [0.5, 0.6) is 0 Å². The first-order valence-corrected chi connectivity index (χ1v) is 13.7. The van der Waals surface area contributed by atoms with Crippen LogP contribution in [0.3, 0.4) is 0 Å². The molecule has 1 aromatic heterocycles. The van der Waals surface area contributed by atoms with Crippen molar-refractivity contribution >= 4 is 10.8 Å². The van der Waals surface area contributed by atoms with Gasteiger partial charge >= 0.3 is 0 Å². The summed E-state index contributed by atoms with van der Waals surface area (Å²) in [6.45, 7) is 0. The van der Waals surface area contributed by atoms with Crippen molar-refractivity contribution in [2.75, 3.05) is 0 Å². The summed E-state index contributed by atoms with van der Waals surface area (Å²) >= 11 is 0. The zero-order valence-electron chi connectivity index (χ0n) is 21.7. The minimum atomic E-state index is -1.17. The fourth-order valence-electron chi connectivity index (χ4n) is 6.63. The Morgan fingerprint density at radius 3 is 1.85 bits per heavy atom. The second-order valence-electron chi connectivity index (χ2n) is 10.5. The van der Waals surface area contributed by atoms with Crippen LogP contribution in [0, 0.1) is 0 Å². The van der Waals surface area contributed by atoms with Gasteiger partial charge in [0, 0.05) is 11.8 Å². The highest BCUT2D eigenvalue weighted by molar-refractivity contribution is 5.88. The van der Waals surface area contributed by atoms with Crippen molar-refractivity contribution in [1.29, 1.82) is 0 Å². The molecule has 0 saturated heterocycles. The van der Waals surface area contributed by atoms with Gasteiger partial charge < -0.3 is 9.67 Å². The fraction of sp³-hybridized carbons (Fsp3) is 0.139. The first-order chi connectivity index (χ1) is 19.2. The maximum absolute atomic E-state index is 12.5. The molecule has 7 rings (SSSR count). The molecule has 3 heteroatoms. The quantitative estimate of drug-likeness (QED) is 0.247. The Morgan fingerprint density at radius 1 is 0.667 bits per heavy atom. The lowest BCUT2D eigenvalue weighted by Crippen LogP contribution is -2.37. The van der Waals surface area contributed by atoms with Crippen molar-refractivity contribution in [3.05, 3.63) is 173 Å². The zero-order chi connectivity index (χ0) is 26.3. The molecule has 3 nitrogen and oxygen atoms in total. The molecule has 1 N–H and O–H groups in total. The van der Waals surface area contributed by atoms with Gasteiger partial charge in [0.2, 0.25) is 0 Å². The van der Waals surface area contributed by atoms with E-state index in [-0.39, 0.29) is 0 Å². The van der Waals surface area contributed by atoms with Crippen LogP contribution in [0.1, 0.15) is 46.4 Å². The van der Waals surface area contributed by atoms with Gasteiger partial charge in [0.05, 0.1) is 12.0 Å². The Hall–Kier alpha value is -4.47. The van der Waals surface area contributed by atoms with E-state index >= 15 is 0 Å². The molecule has 0 bridgehead atoms. The summed E-state index contributed by atoms with van der Waals surface area (Å²) < 4.78 is 2.19. The van der Waals surface area contributed by atoms with Crippen LogP contribution in [0.4, 0.5) is 0 Å². The van der Waals surface area contributed by atoms with Crippen LogP contribution in [0.2, 0.25) is 0 Å². The largest absolute Gasteiger partial charge is 0.379 e. The minimum absolute atomic E-state index is 0.639. The summed E-state index contributed by atoms with van der Waals surface area (Å²) in [7, 11) is 0. The highest BCUT2D eigenvalue weighted by atomic mass is 16.3. The predicted molar refractivity (Wildman–Crippen MR) is 157 cm³/mol. The smallest absolute Gasteiger partial charge is 0.134 e. The molecule has 0 aliphatic heterocycles. The molecule has 1 aliphatic rings. The Labute approximate surface area is 229 Å². The number of aryl methyl sites for hydroxylation is 1. The lowest BCUT2D eigenvalue weighted by atomic mass is 9.74. The van der Waals surface area contributed by atoms with E-state index in [1.807, 2.05) is 6.33 Å². The van der Waals surface area contributed by atoms with Gasteiger partial charge in [-0.05, 0) is 52.3 Å². The molecule has 190 valence electrons. The molecule has 5 aromatic carbocycles. The number of aliphatic hydroxyl groups is 1. The molecule has 6 aromatic rings. The summed E-state index contributed by atoms with van der Waals surface area (Å²) in [4.78, 5) is 4.97. The molecule has 1 aliphatic carbocycles. The Morgan fingerprint density at radius 2 is 1.23 bits per heavy atom. The molecule has 1 atom stereocenters. The van der Waals surface area contributed by atoms with E-state index in [1.165, 1.54) is 5.56 Å². The van der Waals surface area contributed by atoms with Crippen molar-refractivity contribution in [2.45, 2.75) is 30.4 Å². The van der Waals surface area contributed by atoms with Gasteiger partial charge in [0.25, 0.3) is 0 Å². The van der Waals surface area contributed by atoms with Crippen molar-refractivity contribution in [3.63, 3.8) is 0 Å². The molecule has 0 spiro atoms. The molecule has 0 amide bonds. The van der Waals surface area contributed by atoms with Crippen LogP contribution in [0.25, 0.3) is 10.8 Å². The average molecular weight is 507 g/mol. The molecule has 0 saturated carbocycles. The van der Waals surface area contributed by atoms with E-state index in [1.54, 1.807) is 0 Å². The number of fused-ring (bicyclic) bond motifs is 3. The molecule has 1 heterocycles. The minimum Gasteiger partial charge on any atom is -0.379 e. The highest BCUT2D eigenvalue weighted by Gasteiger charge is 2.43. The van der Waals surface area contributed by atoms with E-state index in [0.717, 1.165) is 45.9 Å². The van der Waals surface area contributed by atoms with Crippen LogP contribution < -0.4 is 0 Å². The Kier molecular flexibility index (Phi) is 5.68.